The zero-order valence-corrected chi connectivity index (χ0v) is 8.23. The summed E-state index contributed by atoms with van der Waals surface area (Å²) >= 11 is 1.86. The Hall–Kier alpha value is -0.900. The molecule has 0 saturated carbocycles. The Morgan fingerprint density at radius 2 is 2.31 bits per heavy atom. The SMILES string of the molecule is Cc1nc(C=O)nc2c1CCSC2. The summed E-state index contributed by atoms with van der Waals surface area (Å²) in [7, 11) is 0. The van der Waals surface area contributed by atoms with Crippen LogP contribution in [0, 0.1) is 6.92 Å². The monoisotopic (exact) mass is 194 g/mol. The molecule has 0 unspecified atom stereocenters. The summed E-state index contributed by atoms with van der Waals surface area (Å²) in [6, 6.07) is 0. The molecule has 0 fully saturated rings. The lowest BCUT2D eigenvalue weighted by Crippen LogP contribution is -2.11. The number of rotatable bonds is 1. The van der Waals surface area contributed by atoms with Crippen LogP contribution in [-0.4, -0.2) is 22.0 Å². The van der Waals surface area contributed by atoms with E-state index < -0.39 is 0 Å². The summed E-state index contributed by atoms with van der Waals surface area (Å²) in [5.41, 5.74) is 3.25. The van der Waals surface area contributed by atoms with Crippen LogP contribution in [0.1, 0.15) is 27.6 Å². The van der Waals surface area contributed by atoms with Gasteiger partial charge >= 0.3 is 0 Å². The quantitative estimate of drug-likeness (QED) is 0.633. The van der Waals surface area contributed by atoms with Gasteiger partial charge in [-0.25, -0.2) is 9.97 Å². The van der Waals surface area contributed by atoms with Gasteiger partial charge in [-0.05, 0) is 24.7 Å². The van der Waals surface area contributed by atoms with E-state index in [2.05, 4.69) is 9.97 Å². The van der Waals surface area contributed by atoms with Crippen molar-refractivity contribution in [2.45, 2.75) is 19.1 Å². The summed E-state index contributed by atoms with van der Waals surface area (Å²) < 4.78 is 0. The van der Waals surface area contributed by atoms with Crippen LogP contribution >= 0.6 is 11.8 Å². The standard InChI is InChI=1S/C9H10N2OS/c1-6-7-2-3-13-5-8(7)11-9(4-12)10-6/h4H,2-3,5H2,1H3. The molecule has 13 heavy (non-hydrogen) atoms. The van der Waals surface area contributed by atoms with Gasteiger partial charge in [-0.15, -0.1) is 0 Å². The highest BCUT2D eigenvalue weighted by atomic mass is 32.2. The van der Waals surface area contributed by atoms with Crippen LogP contribution in [0.3, 0.4) is 0 Å². The normalized spacial score (nSPS) is 15.2. The molecule has 1 aromatic rings. The highest BCUT2D eigenvalue weighted by molar-refractivity contribution is 7.98. The van der Waals surface area contributed by atoms with Gasteiger partial charge in [0.2, 0.25) is 0 Å². The summed E-state index contributed by atoms with van der Waals surface area (Å²) in [5.74, 6) is 2.37. The Morgan fingerprint density at radius 1 is 1.46 bits per heavy atom. The second-order valence-corrected chi connectivity index (χ2v) is 4.12. The molecular weight excluding hydrogens is 184 g/mol. The summed E-state index contributed by atoms with van der Waals surface area (Å²) in [6.07, 6.45) is 1.75. The molecule has 0 atom stereocenters. The van der Waals surface area contributed by atoms with E-state index in [9.17, 15) is 4.79 Å². The van der Waals surface area contributed by atoms with Crippen molar-refractivity contribution in [3.8, 4) is 0 Å². The third-order valence-electron chi connectivity index (χ3n) is 2.16. The fraction of sp³-hybridized carbons (Fsp3) is 0.444. The number of fused-ring (bicyclic) bond motifs is 1. The van der Waals surface area contributed by atoms with Crippen molar-refractivity contribution >= 4 is 18.0 Å². The first-order valence-electron chi connectivity index (χ1n) is 4.20. The first-order valence-corrected chi connectivity index (χ1v) is 5.36. The van der Waals surface area contributed by atoms with E-state index in [4.69, 9.17) is 0 Å². The Kier molecular flexibility index (Phi) is 2.31. The third-order valence-corrected chi connectivity index (χ3v) is 3.13. The van der Waals surface area contributed by atoms with Crippen LogP contribution < -0.4 is 0 Å². The van der Waals surface area contributed by atoms with Crippen LogP contribution in [0.4, 0.5) is 0 Å². The van der Waals surface area contributed by atoms with Gasteiger partial charge in [0.25, 0.3) is 0 Å². The van der Waals surface area contributed by atoms with E-state index in [1.165, 1.54) is 5.56 Å². The van der Waals surface area contributed by atoms with Crippen LogP contribution in [0.15, 0.2) is 0 Å². The van der Waals surface area contributed by atoms with Crippen molar-refractivity contribution in [1.29, 1.82) is 0 Å². The van der Waals surface area contributed by atoms with E-state index >= 15 is 0 Å². The molecule has 0 spiro atoms. The molecule has 2 rings (SSSR count). The molecule has 0 aliphatic carbocycles. The Balaban J connectivity index is 2.52. The fourth-order valence-corrected chi connectivity index (χ4v) is 2.44. The van der Waals surface area contributed by atoms with Gasteiger partial charge in [-0.3, -0.25) is 4.79 Å². The molecule has 68 valence electrons. The number of aryl methyl sites for hydroxylation is 1. The lowest BCUT2D eigenvalue weighted by atomic mass is 10.1. The van der Waals surface area contributed by atoms with Gasteiger partial charge in [0.15, 0.2) is 12.1 Å². The van der Waals surface area contributed by atoms with Crippen molar-refractivity contribution in [2.24, 2.45) is 0 Å². The molecule has 0 N–H and O–H groups in total. The average molecular weight is 194 g/mol. The Morgan fingerprint density at radius 3 is 3.08 bits per heavy atom. The first-order chi connectivity index (χ1) is 6.31. The van der Waals surface area contributed by atoms with Crippen LogP contribution in [0.2, 0.25) is 0 Å². The van der Waals surface area contributed by atoms with Gasteiger partial charge in [0.1, 0.15) is 0 Å². The minimum absolute atomic E-state index is 0.318. The zero-order valence-electron chi connectivity index (χ0n) is 7.41. The van der Waals surface area contributed by atoms with E-state index in [0.29, 0.717) is 12.1 Å². The summed E-state index contributed by atoms with van der Waals surface area (Å²) in [4.78, 5) is 18.8. The van der Waals surface area contributed by atoms with Crippen molar-refractivity contribution in [2.75, 3.05) is 5.75 Å². The molecule has 2 heterocycles. The van der Waals surface area contributed by atoms with E-state index in [0.717, 1.165) is 29.3 Å². The number of hydrogen-bond acceptors (Lipinski definition) is 4. The second-order valence-electron chi connectivity index (χ2n) is 3.01. The minimum Gasteiger partial charge on any atom is -0.294 e. The number of hydrogen-bond donors (Lipinski definition) is 0. The largest absolute Gasteiger partial charge is 0.294 e. The predicted molar refractivity (Wildman–Crippen MR) is 52.0 cm³/mol. The van der Waals surface area contributed by atoms with Crippen molar-refractivity contribution in [1.82, 2.24) is 9.97 Å². The number of aromatic nitrogens is 2. The van der Waals surface area contributed by atoms with Crippen LogP contribution in [0.5, 0.6) is 0 Å². The lowest BCUT2D eigenvalue weighted by molar-refractivity contribution is 0.111. The molecule has 0 saturated heterocycles. The maximum atomic E-state index is 10.5. The maximum Gasteiger partial charge on any atom is 0.193 e. The molecular formula is C9H10N2OS. The first kappa shape index (κ1) is 8.69. The van der Waals surface area contributed by atoms with Gasteiger partial charge in [-0.2, -0.15) is 11.8 Å². The van der Waals surface area contributed by atoms with Crippen molar-refractivity contribution < 1.29 is 4.79 Å². The highest BCUT2D eigenvalue weighted by Crippen LogP contribution is 2.24. The van der Waals surface area contributed by atoms with Crippen LogP contribution in [0.25, 0.3) is 0 Å². The molecule has 1 aliphatic rings. The Bertz CT molecular complexity index is 352. The average Bonchev–Trinajstić information content (AvgIpc) is 2.18. The second kappa shape index (κ2) is 3.46. The molecule has 0 amide bonds. The van der Waals surface area contributed by atoms with Gasteiger partial charge in [-0.1, -0.05) is 0 Å². The molecule has 0 bridgehead atoms. The van der Waals surface area contributed by atoms with Crippen molar-refractivity contribution in [3.05, 3.63) is 22.8 Å². The minimum atomic E-state index is 0.318. The molecule has 4 heteroatoms. The van der Waals surface area contributed by atoms with E-state index in [-0.39, 0.29) is 0 Å². The van der Waals surface area contributed by atoms with E-state index in [1.54, 1.807) is 0 Å². The number of aldehydes is 1. The highest BCUT2D eigenvalue weighted by Gasteiger charge is 2.14. The predicted octanol–water partition coefficient (Wildman–Crippen LogP) is 1.39. The topological polar surface area (TPSA) is 42.9 Å². The molecule has 1 aliphatic heterocycles. The summed E-state index contributed by atoms with van der Waals surface area (Å²) in [5, 5.41) is 0. The van der Waals surface area contributed by atoms with Crippen molar-refractivity contribution in [3.63, 3.8) is 0 Å². The molecule has 0 radical (unpaired) electrons. The van der Waals surface area contributed by atoms with Gasteiger partial charge in [0.05, 0.1) is 5.69 Å². The molecule has 3 nitrogen and oxygen atoms in total. The lowest BCUT2D eigenvalue weighted by Gasteiger charge is -2.15. The number of carbonyl (C=O) groups excluding carboxylic acids is 1. The number of thioether (sulfide) groups is 1. The fourth-order valence-electron chi connectivity index (χ4n) is 1.52. The number of nitrogens with zero attached hydrogens (tertiary/aromatic N) is 2. The van der Waals surface area contributed by atoms with E-state index in [1.807, 2.05) is 18.7 Å². The smallest absolute Gasteiger partial charge is 0.193 e. The third kappa shape index (κ3) is 1.58. The maximum absolute atomic E-state index is 10.5. The Labute approximate surface area is 81.0 Å². The molecule has 0 aromatic carbocycles. The van der Waals surface area contributed by atoms with Gasteiger partial charge < -0.3 is 0 Å². The zero-order chi connectivity index (χ0) is 9.26. The van der Waals surface area contributed by atoms with Gasteiger partial charge in [0, 0.05) is 11.4 Å². The van der Waals surface area contributed by atoms with Crippen LogP contribution in [-0.2, 0) is 12.2 Å². The number of carbonyl (C=O) groups is 1. The molecule has 1 aromatic heterocycles. The summed E-state index contributed by atoms with van der Waals surface area (Å²) in [6.45, 7) is 1.95.